The number of carbonyl (C=O) groups is 1. The Morgan fingerprint density at radius 3 is 2.77 bits per heavy atom. The summed E-state index contributed by atoms with van der Waals surface area (Å²) in [5, 5.41) is 0. The number of ether oxygens (including phenoxy) is 1. The molecular formula is C18H26N2O2. The molecule has 1 aromatic rings. The van der Waals surface area contributed by atoms with Gasteiger partial charge in [0, 0.05) is 23.2 Å². The summed E-state index contributed by atoms with van der Waals surface area (Å²) < 4.78 is 5.96. The fourth-order valence-electron chi connectivity index (χ4n) is 3.99. The van der Waals surface area contributed by atoms with Crippen LogP contribution >= 0.6 is 0 Å². The minimum Gasteiger partial charge on any atom is -0.492 e. The molecule has 1 aromatic carbocycles. The van der Waals surface area contributed by atoms with Crippen LogP contribution in [0.3, 0.4) is 0 Å². The predicted octanol–water partition coefficient (Wildman–Crippen LogP) is 2.74. The van der Waals surface area contributed by atoms with Crippen molar-refractivity contribution in [2.24, 2.45) is 5.73 Å². The van der Waals surface area contributed by atoms with Gasteiger partial charge in [0.1, 0.15) is 12.4 Å². The Hall–Kier alpha value is -1.55. The zero-order valence-corrected chi connectivity index (χ0v) is 13.4. The Labute approximate surface area is 132 Å². The van der Waals surface area contributed by atoms with Crippen molar-refractivity contribution in [2.75, 3.05) is 13.2 Å². The number of nitrogens with two attached hydrogens (primary N) is 1. The van der Waals surface area contributed by atoms with Crippen molar-refractivity contribution in [2.45, 2.75) is 57.5 Å². The van der Waals surface area contributed by atoms with E-state index in [4.69, 9.17) is 10.5 Å². The van der Waals surface area contributed by atoms with E-state index in [0.717, 1.165) is 30.7 Å². The second kappa shape index (κ2) is 6.69. The number of fused-ring (bicyclic) bond motifs is 1. The Kier molecular flexibility index (Phi) is 4.67. The van der Waals surface area contributed by atoms with Gasteiger partial charge in [-0.2, -0.15) is 0 Å². The predicted molar refractivity (Wildman–Crippen MR) is 87.2 cm³/mol. The molecule has 120 valence electrons. The summed E-state index contributed by atoms with van der Waals surface area (Å²) in [5.74, 6) is 0.472. The summed E-state index contributed by atoms with van der Waals surface area (Å²) in [4.78, 5) is 14.3. The van der Waals surface area contributed by atoms with E-state index in [0.29, 0.717) is 24.3 Å². The largest absolute Gasteiger partial charge is 0.492 e. The molecule has 0 saturated heterocycles. The number of nitrogens with zero attached hydrogens (tertiary/aromatic N) is 1. The highest BCUT2D eigenvalue weighted by Crippen LogP contribution is 2.32. The van der Waals surface area contributed by atoms with Crippen molar-refractivity contribution in [3.63, 3.8) is 0 Å². The van der Waals surface area contributed by atoms with Gasteiger partial charge in [0.05, 0.1) is 0 Å². The van der Waals surface area contributed by atoms with Gasteiger partial charge in [0.15, 0.2) is 0 Å². The molecule has 1 saturated carbocycles. The van der Waals surface area contributed by atoms with Crippen molar-refractivity contribution in [1.82, 2.24) is 4.90 Å². The van der Waals surface area contributed by atoms with E-state index < -0.39 is 0 Å². The van der Waals surface area contributed by atoms with Gasteiger partial charge in [-0.1, -0.05) is 25.8 Å². The molecule has 4 heteroatoms. The van der Waals surface area contributed by atoms with Gasteiger partial charge >= 0.3 is 0 Å². The topological polar surface area (TPSA) is 55.6 Å². The average molecular weight is 302 g/mol. The van der Waals surface area contributed by atoms with Crippen LogP contribution in [0.1, 0.15) is 54.9 Å². The number of hydrogen-bond acceptors (Lipinski definition) is 3. The lowest BCUT2D eigenvalue weighted by Crippen LogP contribution is -2.48. The molecule has 0 bridgehead atoms. The van der Waals surface area contributed by atoms with Gasteiger partial charge in [-0.25, -0.2) is 0 Å². The first-order valence-corrected chi connectivity index (χ1v) is 8.51. The molecule has 3 rings (SSSR count). The Morgan fingerprint density at radius 2 is 2.09 bits per heavy atom. The van der Waals surface area contributed by atoms with Crippen LogP contribution in [0.15, 0.2) is 18.2 Å². The third-order valence-corrected chi connectivity index (χ3v) is 5.01. The van der Waals surface area contributed by atoms with E-state index in [1.165, 1.54) is 25.7 Å². The van der Waals surface area contributed by atoms with Crippen molar-refractivity contribution in [3.05, 3.63) is 29.3 Å². The van der Waals surface area contributed by atoms with E-state index in [9.17, 15) is 4.79 Å². The number of rotatable bonds is 5. The van der Waals surface area contributed by atoms with Crippen molar-refractivity contribution in [1.29, 1.82) is 0 Å². The van der Waals surface area contributed by atoms with Gasteiger partial charge < -0.3 is 10.5 Å². The maximum atomic E-state index is 11.7. The highest BCUT2D eigenvalue weighted by atomic mass is 16.5. The molecule has 1 atom stereocenters. The molecule has 0 aromatic heterocycles. The van der Waals surface area contributed by atoms with Crippen LogP contribution in [0.25, 0.3) is 0 Å². The number of amides is 1. The van der Waals surface area contributed by atoms with Crippen LogP contribution in [-0.4, -0.2) is 36.0 Å². The molecule has 1 heterocycles. The highest BCUT2D eigenvalue weighted by molar-refractivity contribution is 5.95. The molecule has 2 aliphatic rings. The van der Waals surface area contributed by atoms with Crippen LogP contribution in [0.2, 0.25) is 0 Å². The number of benzene rings is 1. The lowest BCUT2D eigenvalue weighted by molar-refractivity contribution is 0.0804. The van der Waals surface area contributed by atoms with Crippen LogP contribution < -0.4 is 10.5 Å². The Bertz CT molecular complexity index is 538. The van der Waals surface area contributed by atoms with Crippen LogP contribution in [0, 0.1) is 0 Å². The second-order valence-corrected chi connectivity index (χ2v) is 6.49. The molecule has 1 amide bonds. The van der Waals surface area contributed by atoms with Crippen LogP contribution in [0.4, 0.5) is 0 Å². The molecule has 0 spiro atoms. The smallest absolute Gasteiger partial charge is 0.249 e. The fraction of sp³-hybridized carbons (Fsp3) is 0.611. The fourth-order valence-corrected chi connectivity index (χ4v) is 3.99. The lowest BCUT2D eigenvalue weighted by atomic mass is 9.95. The molecule has 22 heavy (non-hydrogen) atoms. The Balaban J connectivity index is 1.83. The summed E-state index contributed by atoms with van der Waals surface area (Å²) in [5.41, 5.74) is 7.14. The summed E-state index contributed by atoms with van der Waals surface area (Å²) in [6, 6.07) is 6.64. The molecule has 1 fully saturated rings. The summed E-state index contributed by atoms with van der Waals surface area (Å²) in [7, 11) is 0. The minimum absolute atomic E-state index is 0.357. The van der Waals surface area contributed by atoms with Gasteiger partial charge in [-0.15, -0.1) is 0 Å². The maximum Gasteiger partial charge on any atom is 0.249 e. The third kappa shape index (κ3) is 2.98. The second-order valence-electron chi connectivity index (χ2n) is 6.49. The SMILES string of the molecule is CCCN(C1CCCC1)C1COc2cccc(C(N)=O)c2C1. The third-order valence-electron chi connectivity index (χ3n) is 5.01. The number of primary amides is 1. The van der Waals surface area contributed by atoms with E-state index in [1.54, 1.807) is 0 Å². The minimum atomic E-state index is -0.357. The van der Waals surface area contributed by atoms with Crippen molar-refractivity contribution >= 4 is 5.91 Å². The summed E-state index contributed by atoms with van der Waals surface area (Å²) in [6.07, 6.45) is 7.27. The van der Waals surface area contributed by atoms with Gasteiger partial charge in [0.2, 0.25) is 5.91 Å². The summed E-state index contributed by atoms with van der Waals surface area (Å²) >= 11 is 0. The lowest BCUT2D eigenvalue weighted by Gasteiger charge is -2.39. The molecule has 2 N–H and O–H groups in total. The monoisotopic (exact) mass is 302 g/mol. The molecule has 1 unspecified atom stereocenters. The van der Waals surface area contributed by atoms with Crippen LogP contribution in [-0.2, 0) is 6.42 Å². The number of carbonyl (C=O) groups excluding carboxylic acids is 1. The van der Waals surface area contributed by atoms with Crippen molar-refractivity contribution in [3.8, 4) is 5.75 Å². The Morgan fingerprint density at radius 1 is 1.32 bits per heavy atom. The zero-order chi connectivity index (χ0) is 15.5. The average Bonchev–Trinajstić information content (AvgIpc) is 3.05. The molecule has 1 aliphatic heterocycles. The summed E-state index contributed by atoms with van der Waals surface area (Å²) in [6.45, 7) is 4.05. The number of hydrogen-bond donors (Lipinski definition) is 1. The normalized spacial score (nSPS) is 21.6. The van der Waals surface area contributed by atoms with Crippen molar-refractivity contribution < 1.29 is 9.53 Å². The zero-order valence-electron chi connectivity index (χ0n) is 13.4. The van der Waals surface area contributed by atoms with Crippen LogP contribution in [0.5, 0.6) is 5.75 Å². The molecule has 0 radical (unpaired) electrons. The van der Waals surface area contributed by atoms with Gasteiger partial charge in [-0.05, 0) is 44.4 Å². The molecular weight excluding hydrogens is 276 g/mol. The van der Waals surface area contributed by atoms with E-state index in [1.807, 2.05) is 18.2 Å². The first-order valence-electron chi connectivity index (χ1n) is 8.51. The first-order chi connectivity index (χ1) is 10.7. The first kappa shape index (κ1) is 15.3. The molecule has 1 aliphatic carbocycles. The molecule has 4 nitrogen and oxygen atoms in total. The quantitative estimate of drug-likeness (QED) is 0.910. The van der Waals surface area contributed by atoms with E-state index in [-0.39, 0.29) is 5.91 Å². The van der Waals surface area contributed by atoms with E-state index in [2.05, 4.69) is 11.8 Å². The standard InChI is InChI=1S/C18H26N2O2/c1-2-10-20(13-6-3-4-7-13)14-11-16-15(18(19)21)8-5-9-17(16)22-12-14/h5,8-9,13-14H,2-4,6-7,10-12H2,1H3,(H2,19,21). The van der Waals surface area contributed by atoms with E-state index >= 15 is 0 Å². The maximum absolute atomic E-state index is 11.7. The van der Waals surface area contributed by atoms with Gasteiger partial charge in [0.25, 0.3) is 0 Å². The van der Waals surface area contributed by atoms with Gasteiger partial charge in [-0.3, -0.25) is 9.69 Å². The highest BCUT2D eigenvalue weighted by Gasteiger charge is 2.32.